The SMILES string of the molecule is O=C(NCCc1ccc(F)cc1)C1(C(=O)Nc2ccccc2)CC1. The van der Waals surface area contributed by atoms with Crippen molar-refractivity contribution in [2.24, 2.45) is 5.41 Å². The van der Waals surface area contributed by atoms with E-state index in [0.717, 1.165) is 5.56 Å². The summed E-state index contributed by atoms with van der Waals surface area (Å²) in [7, 11) is 0. The molecule has 1 saturated carbocycles. The standard InChI is InChI=1S/C19H19FN2O2/c20-15-8-6-14(7-9-15)10-13-21-17(23)19(11-12-19)18(24)22-16-4-2-1-3-5-16/h1-9H,10-13H2,(H,21,23)(H,22,24). The van der Waals surface area contributed by atoms with Crippen LogP contribution in [0.2, 0.25) is 0 Å². The Kier molecular flexibility index (Phi) is 4.60. The van der Waals surface area contributed by atoms with Crippen molar-refractivity contribution in [2.45, 2.75) is 19.3 Å². The van der Waals surface area contributed by atoms with Crippen LogP contribution >= 0.6 is 0 Å². The number of para-hydroxylation sites is 1. The van der Waals surface area contributed by atoms with Gasteiger partial charge >= 0.3 is 0 Å². The van der Waals surface area contributed by atoms with Crippen LogP contribution in [-0.2, 0) is 16.0 Å². The summed E-state index contributed by atoms with van der Waals surface area (Å²) in [5.41, 5.74) is 0.682. The molecule has 2 aromatic rings. The molecule has 124 valence electrons. The highest BCUT2D eigenvalue weighted by atomic mass is 19.1. The van der Waals surface area contributed by atoms with Gasteiger partial charge in [0.25, 0.3) is 0 Å². The first-order chi connectivity index (χ1) is 11.6. The molecular formula is C19H19FN2O2. The third-order valence-corrected chi connectivity index (χ3v) is 4.26. The number of hydrogen-bond donors (Lipinski definition) is 2. The Morgan fingerprint density at radius 2 is 1.62 bits per heavy atom. The van der Waals surface area contributed by atoms with Gasteiger partial charge in [-0.25, -0.2) is 4.39 Å². The molecule has 1 aliphatic carbocycles. The Bertz CT molecular complexity index is 725. The van der Waals surface area contributed by atoms with Gasteiger partial charge in [-0.2, -0.15) is 0 Å². The van der Waals surface area contributed by atoms with Crippen molar-refractivity contribution in [2.75, 3.05) is 11.9 Å². The maximum atomic E-state index is 12.9. The second-order valence-corrected chi connectivity index (χ2v) is 6.03. The number of anilines is 1. The number of carbonyl (C=O) groups is 2. The molecule has 4 nitrogen and oxygen atoms in total. The Hall–Kier alpha value is -2.69. The molecule has 0 heterocycles. The quantitative estimate of drug-likeness (QED) is 0.802. The minimum atomic E-state index is -0.946. The van der Waals surface area contributed by atoms with Gasteiger partial charge in [0.2, 0.25) is 11.8 Å². The van der Waals surface area contributed by atoms with Crippen molar-refractivity contribution in [3.8, 4) is 0 Å². The summed E-state index contributed by atoms with van der Waals surface area (Å²) in [5.74, 6) is -0.775. The van der Waals surface area contributed by atoms with Crippen molar-refractivity contribution >= 4 is 17.5 Å². The maximum Gasteiger partial charge on any atom is 0.240 e. The van der Waals surface area contributed by atoms with Gasteiger partial charge in [0.15, 0.2) is 0 Å². The number of nitrogens with one attached hydrogen (secondary N) is 2. The van der Waals surface area contributed by atoms with Crippen molar-refractivity contribution in [3.63, 3.8) is 0 Å². The van der Waals surface area contributed by atoms with Crippen molar-refractivity contribution in [1.82, 2.24) is 5.32 Å². The van der Waals surface area contributed by atoms with Crippen LogP contribution in [0.4, 0.5) is 10.1 Å². The first-order valence-electron chi connectivity index (χ1n) is 7.99. The molecule has 2 amide bonds. The van der Waals surface area contributed by atoms with E-state index in [1.807, 2.05) is 18.2 Å². The third kappa shape index (κ3) is 3.62. The van der Waals surface area contributed by atoms with E-state index in [2.05, 4.69) is 10.6 Å². The van der Waals surface area contributed by atoms with E-state index in [9.17, 15) is 14.0 Å². The molecule has 24 heavy (non-hydrogen) atoms. The largest absolute Gasteiger partial charge is 0.355 e. The lowest BCUT2D eigenvalue weighted by Gasteiger charge is -2.15. The minimum absolute atomic E-state index is 0.238. The Labute approximate surface area is 140 Å². The van der Waals surface area contributed by atoms with Crippen molar-refractivity contribution in [3.05, 3.63) is 66.0 Å². The normalized spacial score (nSPS) is 14.7. The van der Waals surface area contributed by atoms with Crippen molar-refractivity contribution < 1.29 is 14.0 Å². The zero-order chi connectivity index (χ0) is 17.0. The molecule has 2 aromatic carbocycles. The highest BCUT2D eigenvalue weighted by Crippen LogP contribution is 2.46. The van der Waals surface area contributed by atoms with Crippen LogP contribution < -0.4 is 10.6 Å². The van der Waals surface area contributed by atoms with E-state index in [-0.39, 0.29) is 17.6 Å². The zero-order valence-corrected chi connectivity index (χ0v) is 13.2. The predicted molar refractivity (Wildman–Crippen MR) is 89.9 cm³/mol. The van der Waals surface area contributed by atoms with Gasteiger partial charge in [0.05, 0.1) is 0 Å². The van der Waals surface area contributed by atoms with Crippen LogP contribution in [0.5, 0.6) is 0 Å². The molecule has 0 radical (unpaired) electrons. The van der Waals surface area contributed by atoms with E-state index < -0.39 is 5.41 Å². The summed E-state index contributed by atoms with van der Waals surface area (Å²) in [6.07, 6.45) is 1.73. The fourth-order valence-electron chi connectivity index (χ4n) is 2.60. The second kappa shape index (κ2) is 6.83. The summed E-state index contributed by atoms with van der Waals surface area (Å²) in [5, 5.41) is 5.62. The molecular weight excluding hydrogens is 307 g/mol. The molecule has 0 bridgehead atoms. The topological polar surface area (TPSA) is 58.2 Å². The van der Waals surface area contributed by atoms with Gasteiger partial charge in [0, 0.05) is 12.2 Å². The Balaban J connectivity index is 1.52. The molecule has 5 heteroatoms. The van der Waals surface area contributed by atoms with Crippen LogP contribution in [0.15, 0.2) is 54.6 Å². The summed E-state index contributed by atoms with van der Waals surface area (Å²) >= 11 is 0. The van der Waals surface area contributed by atoms with Gasteiger partial charge in [-0.15, -0.1) is 0 Å². The minimum Gasteiger partial charge on any atom is -0.355 e. The maximum absolute atomic E-state index is 12.9. The molecule has 0 atom stereocenters. The second-order valence-electron chi connectivity index (χ2n) is 6.03. The van der Waals surface area contributed by atoms with Gasteiger partial charge in [0.1, 0.15) is 11.2 Å². The number of rotatable bonds is 6. The number of benzene rings is 2. The van der Waals surface area contributed by atoms with Gasteiger partial charge in [-0.1, -0.05) is 30.3 Å². The summed E-state index contributed by atoms with van der Waals surface area (Å²) in [4.78, 5) is 24.8. The number of amides is 2. The van der Waals surface area contributed by atoms with Crippen LogP contribution in [0.3, 0.4) is 0 Å². The monoisotopic (exact) mass is 326 g/mol. The molecule has 0 aliphatic heterocycles. The van der Waals surface area contributed by atoms with E-state index in [4.69, 9.17) is 0 Å². The van der Waals surface area contributed by atoms with Gasteiger partial charge < -0.3 is 10.6 Å². The van der Waals surface area contributed by atoms with Crippen LogP contribution in [0.1, 0.15) is 18.4 Å². The molecule has 1 aliphatic rings. The lowest BCUT2D eigenvalue weighted by Crippen LogP contribution is -2.40. The van der Waals surface area contributed by atoms with Crippen LogP contribution in [0.25, 0.3) is 0 Å². The van der Waals surface area contributed by atoms with Crippen LogP contribution in [-0.4, -0.2) is 18.4 Å². The van der Waals surface area contributed by atoms with Gasteiger partial charge in [-0.05, 0) is 49.1 Å². The van der Waals surface area contributed by atoms with E-state index in [1.165, 1.54) is 12.1 Å². The van der Waals surface area contributed by atoms with Crippen LogP contribution in [0, 0.1) is 11.2 Å². The molecule has 2 N–H and O–H groups in total. The molecule has 0 saturated heterocycles. The summed E-state index contributed by atoms with van der Waals surface area (Å²) in [6, 6.07) is 15.3. The smallest absolute Gasteiger partial charge is 0.240 e. The first-order valence-corrected chi connectivity index (χ1v) is 7.99. The van der Waals surface area contributed by atoms with Gasteiger partial charge in [-0.3, -0.25) is 9.59 Å². The lowest BCUT2D eigenvalue weighted by molar-refractivity contribution is -0.134. The highest BCUT2D eigenvalue weighted by molar-refractivity contribution is 6.13. The number of hydrogen-bond acceptors (Lipinski definition) is 2. The highest BCUT2D eigenvalue weighted by Gasteiger charge is 2.56. The summed E-state index contributed by atoms with van der Waals surface area (Å²) < 4.78 is 12.9. The fraction of sp³-hybridized carbons (Fsp3) is 0.263. The number of halogens is 1. The average Bonchev–Trinajstić information content (AvgIpc) is 3.39. The Morgan fingerprint density at radius 3 is 2.25 bits per heavy atom. The molecule has 1 fully saturated rings. The molecule has 3 rings (SSSR count). The molecule has 0 spiro atoms. The molecule has 0 aromatic heterocycles. The van der Waals surface area contributed by atoms with E-state index in [0.29, 0.717) is 31.5 Å². The first kappa shape index (κ1) is 16.2. The lowest BCUT2D eigenvalue weighted by atomic mass is 10.0. The molecule has 0 unspecified atom stereocenters. The van der Waals surface area contributed by atoms with E-state index >= 15 is 0 Å². The fourth-order valence-corrected chi connectivity index (χ4v) is 2.60. The zero-order valence-electron chi connectivity index (χ0n) is 13.2. The predicted octanol–water partition coefficient (Wildman–Crippen LogP) is 2.90. The third-order valence-electron chi connectivity index (χ3n) is 4.26. The number of carbonyl (C=O) groups excluding carboxylic acids is 2. The van der Waals surface area contributed by atoms with E-state index in [1.54, 1.807) is 24.3 Å². The van der Waals surface area contributed by atoms with Crippen molar-refractivity contribution in [1.29, 1.82) is 0 Å². The Morgan fingerprint density at radius 1 is 0.958 bits per heavy atom. The average molecular weight is 326 g/mol. The summed E-state index contributed by atoms with van der Waals surface area (Å²) in [6.45, 7) is 0.421.